The number of ether oxygens (including phenoxy) is 1. The van der Waals surface area contributed by atoms with Gasteiger partial charge in [0.2, 0.25) is 5.91 Å². The lowest BCUT2D eigenvalue weighted by Crippen LogP contribution is -2.41. The molecule has 4 nitrogen and oxygen atoms in total. The largest absolute Gasteiger partial charge is 0.449 e. The molecule has 5 heteroatoms. The molecule has 0 heterocycles. The highest BCUT2D eigenvalue weighted by Gasteiger charge is 2.32. The highest BCUT2D eigenvalue weighted by Crippen LogP contribution is 2.25. The van der Waals surface area contributed by atoms with E-state index >= 15 is 0 Å². The summed E-state index contributed by atoms with van der Waals surface area (Å²) in [6.45, 7) is 8.48. The van der Waals surface area contributed by atoms with E-state index in [9.17, 15) is 9.59 Å². The second-order valence-electron chi connectivity index (χ2n) is 4.39. The maximum absolute atomic E-state index is 12.0. The van der Waals surface area contributed by atoms with Crippen molar-refractivity contribution in [3.63, 3.8) is 0 Å². The Balaban J connectivity index is 4.56. The van der Waals surface area contributed by atoms with Gasteiger partial charge >= 0.3 is 6.09 Å². The van der Waals surface area contributed by atoms with Crippen molar-refractivity contribution in [2.75, 3.05) is 13.7 Å². The van der Waals surface area contributed by atoms with Crippen LogP contribution < -0.4 is 0 Å². The van der Waals surface area contributed by atoms with Gasteiger partial charge in [0.25, 0.3) is 0 Å². The number of carbonyl (C=O) groups excluding carboxylic acids is 2. The van der Waals surface area contributed by atoms with Gasteiger partial charge in [-0.15, -0.1) is 0 Å². The summed E-state index contributed by atoms with van der Waals surface area (Å²) in [6, 6.07) is 3.80. The molecule has 0 radical (unpaired) electrons. The van der Waals surface area contributed by atoms with Crippen molar-refractivity contribution in [2.45, 2.75) is 51.9 Å². The molecule has 0 aromatic rings. The van der Waals surface area contributed by atoms with E-state index in [4.69, 9.17) is 4.74 Å². The van der Waals surface area contributed by atoms with E-state index in [0.29, 0.717) is 12.7 Å². The number of carbonyl (C=O) groups is 2. The molecule has 0 N–H and O–H groups in total. The third-order valence-electron chi connectivity index (χ3n) is 3.69. The van der Waals surface area contributed by atoms with Crippen molar-refractivity contribution in [1.29, 1.82) is 0 Å². The first-order valence-electron chi connectivity index (χ1n) is 6.39. The molecule has 0 fully saturated rings. The number of nitrogens with zero attached hydrogens (tertiary/aromatic N) is 1. The highest BCUT2D eigenvalue weighted by atomic mass is 28.3. The summed E-state index contributed by atoms with van der Waals surface area (Å²) < 4.78 is 4.82. The first-order valence-corrected chi connectivity index (χ1v) is 9.22. The fourth-order valence-electron chi connectivity index (χ4n) is 1.89. The second-order valence-corrected chi connectivity index (χ2v) is 9.86. The predicted molar refractivity (Wildman–Crippen MR) is 71.8 cm³/mol. The number of hydrogen-bond acceptors (Lipinski definition) is 3. The molecular weight excluding hydrogens is 234 g/mol. The molecule has 0 saturated heterocycles. The zero-order valence-corrected chi connectivity index (χ0v) is 12.7. The van der Waals surface area contributed by atoms with Gasteiger partial charge in [-0.25, -0.2) is 4.79 Å². The number of hydrogen-bond donors (Lipinski definition) is 0. The van der Waals surface area contributed by atoms with Crippen molar-refractivity contribution in [2.24, 2.45) is 0 Å². The second kappa shape index (κ2) is 7.48. The Kier molecular flexibility index (Phi) is 7.11. The molecule has 0 aliphatic rings. The average molecular weight is 259 g/mol. The minimum absolute atomic E-state index is 0.0966. The summed E-state index contributed by atoms with van der Waals surface area (Å²) in [5, 5.41) is 0. The van der Waals surface area contributed by atoms with Gasteiger partial charge in [0.1, 0.15) is 0 Å². The van der Waals surface area contributed by atoms with Crippen molar-refractivity contribution in [3.8, 4) is 0 Å². The molecular formula is C12H25NO3Si. The molecule has 0 aromatic carbocycles. The van der Waals surface area contributed by atoms with Gasteiger partial charge in [-0.2, -0.15) is 0 Å². The number of rotatable bonds is 6. The summed E-state index contributed by atoms with van der Waals surface area (Å²) in [6.07, 6.45) is -0.538. The highest BCUT2D eigenvalue weighted by molar-refractivity contribution is 6.82. The van der Waals surface area contributed by atoms with E-state index < -0.39 is 14.2 Å². The monoisotopic (exact) mass is 259 g/mol. The van der Waals surface area contributed by atoms with Crippen LogP contribution in [0.3, 0.4) is 0 Å². The summed E-state index contributed by atoms with van der Waals surface area (Å²) in [4.78, 5) is 24.6. The Hall–Kier alpha value is -0.843. The van der Waals surface area contributed by atoms with Crippen molar-refractivity contribution in [1.82, 2.24) is 4.90 Å². The Morgan fingerprint density at radius 3 is 1.88 bits per heavy atom. The standard InChI is InChI=1S/C12H25NO3Si/c1-6-16-12(15)13(5)11(14)10-17(7-2,8-3)9-4/h6-10H2,1-5H3. The van der Waals surface area contributed by atoms with E-state index in [0.717, 1.165) is 23.0 Å². The molecule has 0 spiro atoms. The van der Waals surface area contributed by atoms with E-state index in [2.05, 4.69) is 20.8 Å². The molecule has 0 atom stereocenters. The lowest BCUT2D eigenvalue weighted by molar-refractivity contribution is -0.126. The lowest BCUT2D eigenvalue weighted by Gasteiger charge is -2.28. The summed E-state index contributed by atoms with van der Waals surface area (Å²) in [5.74, 6) is -0.0966. The molecule has 100 valence electrons. The van der Waals surface area contributed by atoms with Crippen molar-refractivity contribution in [3.05, 3.63) is 0 Å². The molecule has 0 unspecified atom stereocenters. The third kappa shape index (κ3) is 4.50. The average Bonchev–Trinajstić information content (AvgIpc) is 2.35. The fraction of sp³-hybridized carbons (Fsp3) is 0.833. The summed E-state index contributed by atoms with van der Waals surface area (Å²) in [7, 11) is -0.0106. The summed E-state index contributed by atoms with van der Waals surface area (Å²) >= 11 is 0. The molecule has 0 aromatic heterocycles. The van der Waals surface area contributed by atoms with Gasteiger partial charge in [-0.1, -0.05) is 38.9 Å². The minimum atomic E-state index is -1.51. The van der Waals surface area contributed by atoms with E-state index in [1.165, 1.54) is 7.05 Å². The van der Waals surface area contributed by atoms with Crippen LogP contribution in [0, 0.1) is 0 Å². The van der Waals surface area contributed by atoms with Gasteiger partial charge in [0.15, 0.2) is 0 Å². The van der Waals surface area contributed by atoms with Crippen LogP contribution in [-0.4, -0.2) is 38.6 Å². The van der Waals surface area contributed by atoms with Gasteiger partial charge in [-0.05, 0) is 6.92 Å². The quantitative estimate of drug-likeness (QED) is 0.689. The number of amides is 2. The van der Waals surface area contributed by atoms with Crippen LogP contribution in [0.15, 0.2) is 0 Å². The first kappa shape index (κ1) is 16.2. The molecule has 0 aliphatic heterocycles. The van der Waals surface area contributed by atoms with Crippen molar-refractivity contribution < 1.29 is 14.3 Å². The van der Waals surface area contributed by atoms with Gasteiger partial charge in [0, 0.05) is 13.1 Å². The normalized spacial score (nSPS) is 11.1. The minimum Gasteiger partial charge on any atom is -0.449 e. The van der Waals surface area contributed by atoms with E-state index in [1.54, 1.807) is 6.92 Å². The zero-order valence-electron chi connectivity index (χ0n) is 11.7. The molecule has 0 rings (SSSR count). The van der Waals surface area contributed by atoms with Crippen LogP contribution in [0.4, 0.5) is 4.79 Å². The van der Waals surface area contributed by atoms with Crippen LogP contribution >= 0.6 is 0 Å². The zero-order chi connectivity index (χ0) is 13.5. The predicted octanol–water partition coefficient (Wildman–Crippen LogP) is 3.11. The maximum Gasteiger partial charge on any atom is 0.416 e. The molecule has 0 bridgehead atoms. The Bertz CT molecular complexity index is 256. The third-order valence-corrected chi connectivity index (χ3v) is 9.24. The molecule has 0 saturated carbocycles. The van der Waals surface area contributed by atoms with Crippen LogP contribution in [0.2, 0.25) is 24.2 Å². The van der Waals surface area contributed by atoms with E-state index in [-0.39, 0.29) is 5.91 Å². The fourth-order valence-corrected chi connectivity index (χ4v) is 5.02. The Labute approximate surface area is 105 Å². The van der Waals surface area contributed by atoms with Gasteiger partial charge in [0.05, 0.1) is 14.7 Å². The van der Waals surface area contributed by atoms with Gasteiger partial charge in [-0.3, -0.25) is 9.69 Å². The van der Waals surface area contributed by atoms with Crippen molar-refractivity contribution >= 4 is 20.1 Å². The maximum atomic E-state index is 12.0. The SMILES string of the molecule is CCOC(=O)N(C)C(=O)C[Si](CC)(CC)CC. The number of imide groups is 1. The Morgan fingerprint density at radius 1 is 1.06 bits per heavy atom. The van der Waals surface area contributed by atoms with Crippen LogP contribution in [-0.2, 0) is 9.53 Å². The first-order chi connectivity index (χ1) is 7.96. The smallest absolute Gasteiger partial charge is 0.416 e. The molecule has 2 amide bonds. The van der Waals surface area contributed by atoms with Gasteiger partial charge < -0.3 is 4.74 Å². The van der Waals surface area contributed by atoms with E-state index in [1.807, 2.05) is 0 Å². The topological polar surface area (TPSA) is 46.6 Å². The molecule has 0 aliphatic carbocycles. The lowest BCUT2D eigenvalue weighted by atomic mass is 10.6. The summed E-state index contributed by atoms with van der Waals surface area (Å²) in [5.41, 5.74) is 0. The van der Waals surface area contributed by atoms with Crippen LogP contribution in [0.1, 0.15) is 27.7 Å². The van der Waals surface area contributed by atoms with Crippen LogP contribution in [0.25, 0.3) is 0 Å². The Morgan fingerprint density at radius 2 is 1.53 bits per heavy atom. The molecule has 17 heavy (non-hydrogen) atoms. The van der Waals surface area contributed by atoms with Crippen LogP contribution in [0.5, 0.6) is 0 Å².